The van der Waals surface area contributed by atoms with Crippen LogP contribution in [0.1, 0.15) is 24.6 Å². The Balaban J connectivity index is 2.10. The zero-order valence-electron chi connectivity index (χ0n) is 12.3. The van der Waals surface area contributed by atoms with Gasteiger partial charge in [-0.3, -0.25) is 4.68 Å². The number of halogens is 2. The second-order valence-electron chi connectivity index (χ2n) is 5.16. The Morgan fingerprint density at radius 3 is 2.76 bits per heavy atom. The van der Waals surface area contributed by atoms with E-state index in [1.807, 2.05) is 6.20 Å². The summed E-state index contributed by atoms with van der Waals surface area (Å²) < 4.78 is 28.7. The molecule has 6 heteroatoms. The minimum absolute atomic E-state index is 0.00190. The van der Waals surface area contributed by atoms with Crippen molar-refractivity contribution in [3.63, 3.8) is 0 Å². The van der Waals surface area contributed by atoms with Gasteiger partial charge in [-0.1, -0.05) is 24.3 Å². The van der Waals surface area contributed by atoms with Crippen LogP contribution >= 0.6 is 0 Å². The maximum atomic E-state index is 13.8. The van der Waals surface area contributed by atoms with E-state index in [-0.39, 0.29) is 6.04 Å². The van der Waals surface area contributed by atoms with Crippen molar-refractivity contribution in [3.05, 3.63) is 47.3 Å². The maximum absolute atomic E-state index is 13.8. The molecule has 0 amide bonds. The lowest BCUT2D eigenvalue weighted by molar-refractivity contribution is 0.466. The first-order valence-corrected chi connectivity index (χ1v) is 7.11. The van der Waals surface area contributed by atoms with Gasteiger partial charge in [-0.15, -0.1) is 5.10 Å². The summed E-state index contributed by atoms with van der Waals surface area (Å²) in [6, 6.07) is 4.29. The number of rotatable bonds is 7. The smallest absolute Gasteiger partial charge is 0.162 e. The molecule has 1 heterocycles. The predicted molar refractivity (Wildman–Crippen MR) is 76.9 cm³/mol. The molecule has 114 valence electrons. The van der Waals surface area contributed by atoms with Crippen LogP contribution < -0.4 is 5.32 Å². The SMILES string of the molecule is CCCNC(Cc1cn(C)nn1)Cc1cccc(F)c1F. The molecule has 0 saturated carbocycles. The van der Waals surface area contributed by atoms with Gasteiger partial charge in [0, 0.05) is 25.7 Å². The molecule has 21 heavy (non-hydrogen) atoms. The van der Waals surface area contributed by atoms with E-state index in [0.717, 1.165) is 24.7 Å². The molecular weight excluding hydrogens is 274 g/mol. The normalized spacial score (nSPS) is 12.6. The van der Waals surface area contributed by atoms with Gasteiger partial charge in [0.25, 0.3) is 0 Å². The van der Waals surface area contributed by atoms with Gasteiger partial charge in [0.15, 0.2) is 11.6 Å². The molecule has 1 aromatic carbocycles. The zero-order valence-corrected chi connectivity index (χ0v) is 12.3. The molecule has 0 saturated heterocycles. The first-order valence-electron chi connectivity index (χ1n) is 7.11. The Hall–Kier alpha value is -1.82. The number of aromatic nitrogens is 3. The molecule has 1 atom stereocenters. The van der Waals surface area contributed by atoms with Gasteiger partial charge in [-0.2, -0.15) is 0 Å². The summed E-state index contributed by atoms with van der Waals surface area (Å²) in [5.41, 5.74) is 1.22. The van der Waals surface area contributed by atoms with E-state index in [4.69, 9.17) is 0 Å². The summed E-state index contributed by atoms with van der Waals surface area (Å²) in [5, 5.41) is 11.3. The van der Waals surface area contributed by atoms with Crippen LogP contribution in [0.4, 0.5) is 8.78 Å². The molecule has 1 aromatic heterocycles. The Bertz CT molecular complexity index is 583. The van der Waals surface area contributed by atoms with Crippen LogP contribution in [0.15, 0.2) is 24.4 Å². The van der Waals surface area contributed by atoms with Crippen molar-refractivity contribution >= 4 is 0 Å². The van der Waals surface area contributed by atoms with Crippen LogP contribution in [0.2, 0.25) is 0 Å². The van der Waals surface area contributed by atoms with E-state index in [1.165, 1.54) is 6.07 Å². The van der Waals surface area contributed by atoms with Crippen LogP contribution in [0.3, 0.4) is 0 Å². The molecule has 2 aromatic rings. The minimum atomic E-state index is -0.804. The molecule has 1 N–H and O–H groups in total. The highest BCUT2D eigenvalue weighted by Gasteiger charge is 2.16. The van der Waals surface area contributed by atoms with Crippen LogP contribution in [0.5, 0.6) is 0 Å². The van der Waals surface area contributed by atoms with Gasteiger partial charge >= 0.3 is 0 Å². The lowest BCUT2D eigenvalue weighted by Gasteiger charge is -2.18. The molecule has 0 radical (unpaired) electrons. The molecule has 0 aliphatic heterocycles. The van der Waals surface area contributed by atoms with E-state index in [9.17, 15) is 8.78 Å². The summed E-state index contributed by atoms with van der Waals surface area (Å²) in [6.45, 7) is 2.89. The predicted octanol–water partition coefficient (Wildman–Crippen LogP) is 2.25. The van der Waals surface area contributed by atoms with E-state index in [0.29, 0.717) is 18.4 Å². The minimum Gasteiger partial charge on any atom is -0.313 e. The molecule has 0 bridgehead atoms. The maximum Gasteiger partial charge on any atom is 0.162 e. The summed E-state index contributed by atoms with van der Waals surface area (Å²) in [5.74, 6) is -1.57. The zero-order chi connectivity index (χ0) is 15.2. The fourth-order valence-corrected chi connectivity index (χ4v) is 2.28. The monoisotopic (exact) mass is 294 g/mol. The molecular formula is C15H20F2N4. The van der Waals surface area contributed by atoms with Crippen LogP contribution in [-0.2, 0) is 19.9 Å². The van der Waals surface area contributed by atoms with Crippen molar-refractivity contribution in [1.82, 2.24) is 20.3 Å². The summed E-state index contributed by atoms with van der Waals surface area (Å²) in [7, 11) is 1.80. The van der Waals surface area contributed by atoms with Gasteiger partial charge in [0.2, 0.25) is 0 Å². The van der Waals surface area contributed by atoms with Crippen LogP contribution in [-0.4, -0.2) is 27.6 Å². The lowest BCUT2D eigenvalue weighted by Crippen LogP contribution is -2.34. The molecule has 4 nitrogen and oxygen atoms in total. The number of nitrogens with zero attached hydrogens (tertiary/aromatic N) is 3. The van der Waals surface area contributed by atoms with Crippen LogP contribution in [0.25, 0.3) is 0 Å². The van der Waals surface area contributed by atoms with E-state index in [2.05, 4.69) is 22.6 Å². The highest BCUT2D eigenvalue weighted by atomic mass is 19.2. The number of aryl methyl sites for hydroxylation is 1. The summed E-state index contributed by atoms with van der Waals surface area (Å²) in [6.07, 6.45) is 3.86. The molecule has 2 rings (SSSR count). The average Bonchev–Trinajstić information content (AvgIpc) is 2.86. The third-order valence-electron chi connectivity index (χ3n) is 3.29. The summed E-state index contributed by atoms with van der Waals surface area (Å²) >= 11 is 0. The van der Waals surface area contributed by atoms with Crippen LogP contribution in [0, 0.1) is 11.6 Å². The van der Waals surface area contributed by atoms with Gasteiger partial charge < -0.3 is 5.32 Å². The lowest BCUT2D eigenvalue weighted by atomic mass is 10.0. The van der Waals surface area contributed by atoms with Gasteiger partial charge in [-0.05, 0) is 31.0 Å². The molecule has 0 spiro atoms. The first kappa shape index (κ1) is 15.6. The van der Waals surface area contributed by atoms with Crippen molar-refractivity contribution in [2.75, 3.05) is 6.54 Å². The second-order valence-corrected chi connectivity index (χ2v) is 5.16. The van der Waals surface area contributed by atoms with Crippen molar-refractivity contribution < 1.29 is 8.78 Å². The third kappa shape index (κ3) is 4.32. The Morgan fingerprint density at radius 1 is 1.29 bits per heavy atom. The third-order valence-corrected chi connectivity index (χ3v) is 3.29. The van der Waals surface area contributed by atoms with Crippen molar-refractivity contribution in [2.45, 2.75) is 32.2 Å². The first-order chi connectivity index (χ1) is 10.1. The number of hydrogen-bond donors (Lipinski definition) is 1. The highest BCUT2D eigenvalue weighted by Crippen LogP contribution is 2.14. The second kappa shape index (κ2) is 7.26. The highest BCUT2D eigenvalue weighted by molar-refractivity contribution is 5.20. The Kier molecular flexibility index (Phi) is 5.38. The molecule has 0 aliphatic carbocycles. The summed E-state index contributed by atoms with van der Waals surface area (Å²) in [4.78, 5) is 0. The molecule has 1 unspecified atom stereocenters. The van der Waals surface area contributed by atoms with E-state index >= 15 is 0 Å². The fraction of sp³-hybridized carbons (Fsp3) is 0.467. The topological polar surface area (TPSA) is 42.7 Å². The molecule has 0 aliphatic rings. The van der Waals surface area contributed by atoms with Gasteiger partial charge in [-0.25, -0.2) is 8.78 Å². The van der Waals surface area contributed by atoms with E-state index in [1.54, 1.807) is 17.8 Å². The molecule has 0 fully saturated rings. The Labute approximate surface area is 123 Å². The number of benzene rings is 1. The fourth-order valence-electron chi connectivity index (χ4n) is 2.28. The largest absolute Gasteiger partial charge is 0.313 e. The van der Waals surface area contributed by atoms with E-state index < -0.39 is 11.6 Å². The average molecular weight is 294 g/mol. The van der Waals surface area contributed by atoms with Gasteiger partial charge in [0.1, 0.15) is 0 Å². The standard InChI is InChI=1S/C15H20F2N4/c1-3-7-18-12(9-13-10-21(2)20-19-13)8-11-5-4-6-14(16)15(11)17/h4-6,10,12,18H,3,7-9H2,1-2H3. The van der Waals surface area contributed by atoms with Crippen molar-refractivity contribution in [2.24, 2.45) is 7.05 Å². The Morgan fingerprint density at radius 2 is 2.10 bits per heavy atom. The van der Waals surface area contributed by atoms with Gasteiger partial charge in [0.05, 0.1) is 5.69 Å². The number of nitrogens with one attached hydrogen (secondary N) is 1. The number of hydrogen-bond acceptors (Lipinski definition) is 3. The van der Waals surface area contributed by atoms with Crippen molar-refractivity contribution in [1.29, 1.82) is 0 Å². The quantitative estimate of drug-likeness (QED) is 0.851. The van der Waals surface area contributed by atoms with Crippen molar-refractivity contribution in [3.8, 4) is 0 Å².